The summed E-state index contributed by atoms with van der Waals surface area (Å²) in [5.41, 5.74) is -0.320. The second-order valence-electron chi connectivity index (χ2n) is 8.22. The number of aliphatic hydroxyl groups is 1. The van der Waals surface area contributed by atoms with Gasteiger partial charge in [-0.1, -0.05) is 0 Å². The van der Waals surface area contributed by atoms with Gasteiger partial charge in [0.1, 0.15) is 17.1 Å². The Balaban J connectivity index is 2.13. The molecular weight excluding hydrogens is 308 g/mol. The van der Waals surface area contributed by atoms with Gasteiger partial charge in [0.15, 0.2) is 0 Å². The number of aliphatic carboxylic acids is 1. The summed E-state index contributed by atoms with van der Waals surface area (Å²) < 4.78 is 6.19. The van der Waals surface area contributed by atoms with Gasteiger partial charge >= 0.3 is 5.97 Å². The van der Waals surface area contributed by atoms with E-state index >= 15 is 0 Å². The lowest BCUT2D eigenvalue weighted by atomic mass is 9.65. The van der Waals surface area contributed by atoms with Crippen LogP contribution in [-0.2, 0) is 10.2 Å². The number of fused-ring (bicyclic) bond motifs is 3. The fraction of sp³-hybridized carbons (Fsp3) is 0.632. The Kier molecular flexibility index (Phi) is 3.83. The average molecular weight is 334 g/mol. The van der Waals surface area contributed by atoms with Crippen molar-refractivity contribution in [1.29, 1.82) is 0 Å². The normalized spacial score (nSPS) is 28.5. The molecule has 3 atom stereocenters. The van der Waals surface area contributed by atoms with E-state index in [0.29, 0.717) is 23.3 Å². The monoisotopic (exact) mass is 334 g/mol. The number of hydrogen-bond donors (Lipinski definition) is 3. The first-order valence-electron chi connectivity index (χ1n) is 8.52. The minimum absolute atomic E-state index is 0.0227. The van der Waals surface area contributed by atoms with Crippen LogP contribution in [-0.4, -0.2) is 33.0 Å². The molecular formula is C19H26O5. The van der Waals surface area contributed by atoms with Crippen molar-refractivity contribution in [3.63, 3.8) is 0 Å². The molecule has 0 bridgehead atoms. The van der Waals surface area contributed by atoms with E-state index in [4.69, 9.17) is 4.74 Å². The van der Waals surface area contributed by atoms with Crippen LogP contribution in [0.15, 0.2) is 12.1 Å². The lowest BCUT2D eigenvalue weighted by molar-refractivity contribution is -0.142. The second-order valence-corrected chi connectivity index (χ2v) is 8.22. The van der Waals surface area contributed by atoms with Crippen LogP contribution in [0.5, 0.6) is 11.5 Å². The Morgan fingerprint density at radius 3 is 2.58 bits per heavy atom. The van der Waals surface area contributed by atoms with E-state index in [1.165, 1.54) is 6.07 Å². The van der Waals surface area contributed by atoms with E-state index in [1.54, 1.807) is 19.9 Å². The molecule has 1 aliphatic heterocycles. The molecule has 0 aromatic heterocycles. The second kappa shape index (κ2) is 5.38. The third kappa shape index (κ3) is 2.55. The molecule has 2 aliphatic rings. The Hall–Kier alpha value is -1.75. The number of aliphatic hydroxyl groups excluding tert-OH is 1. The van der Waals surface area contributed by atoms with Gasteiger partial charge in [-0.15, -0.1) is 0 Å². The van der Waals surface area contributed by atoms with Gasteiger partial charge < -0.3 is 20.1 Å². The number of phenols is 1. The van der Waals surface area contributed by atoms with Crippen molar-refractivity contribution in [3.05, 3.63) is 23.3 Å². The fourth-order valence-electron chi connectivity index (χ4n) is 4.21. The highest BCUT2D eigenvalue weighted by Crippen LogP contribution is 2.54. The molecule has 0 radical (unpaired) electrons. The summed E-state index contributed by atoms with van der Waals surface area (Å²) in [4.78, 5) is 11.5. The molecule has 0 spiro atoms. The van der Waals surface area contributed by atoms with Crippen molar-refractivity contribution in [2.75, 3.05) is 0 Å². The third-order valence-electron chi connectivity index (χ3n) is 5.84. The van der Waals surface area contributed by atoms with Crippen LogP contribution in [0.1, 0.15) is 64.0 Å². The smallest absolute Gasteiger partial charge is 0.313 e. The molecule has 1 aliphatic carbocycles. The van der Waals surface area contributed by atoms with Gasteiger partial charge in [0.2, 0.25) is 0 Å². The number of carbonyl (C=O) groups is 1. The van der Waals surface area contributed by atoms with E-state index < -0.39 is 17.0 Å². The topological polar surface area (TPSA) is 87.0 Å². The predicted octanol–water partition coefficient (Wildman–Crippen LogP) is 3.17. The van der Waals surface area contributed by atoms with Crippen LogP contribution >= 0.6 is 0 Å². The lowest BCUT2D eigenvalue weighted by Crippen LogP contribution is -2.47. The number of ether oxygens (including phenoxy) is 1. The number of rotatable bonds is 2. The summed E-state index contributed by atoms with van der Waals surface area (Å²) in [5, 5.41) is 30.2. The van der Waals surface area contributed by atoms with E-state index in [1.807, 2.05) is 13.8 Å². The highest BCUT2D eigenvalue weighted by atomic mass is 16.5. The van der Waals surface area contributed by atoms with Crippen LogP contribution in [0.3, 0.4) is 0 Å². The van der Waals surface area contributed by atoms with Crippen molar-refractivity contribution >= 4 is 5.97 Å². The summed E-state index contributed by atoms with van der Waals surface area (Å²) in [6.45, 7) is 7.27. The van der Waals surface area contributed by atoms with Crippen LogP contribution in [0.25, 0.3) is 0 Å². The Bertz CT molecular complexity index is 677. The van der Waals surface area contributed by atoms with Gasteiger partial charge in [-0.2, -0.15) is 0 Å². The molecule has 5 nitrogen and oxygen atoms in total. The third-order valence-corrected chi connectivity index (χ3v) is 5.84. The van der Waals surface area contributed by atoms with Crippen LogP contribution in [0, 0.1) is 5.92 Å². The summed E-state index contributed by atoms with van der Waals surface area (Å²) in [7, 11) is 0. The first kappa shape index (κ1) is 17.1. The number of carboxylic acid groups (broad SMARTS) is 1. The molecule has 1 aromatic carbocycles. The van der Waals surface area contributed by atoms with Crippen molar-refractivity contribution in [2.24, 2.45) is 5.92 Å². The number of phenolic OH excluding ortho intramolecular Hbond substituents is 1. The summed E-state index contributed by atoms with van der Waals surface area (Å²) in [5.74, 6) is -0.105. The highest BCUT2D eigenvalue weighted by Gasteiger charge is 2.48. The highest BCUT2D eigenvalue weighted by molar-refractivity contribution is 5.81. The molecule has 0 saturated heterocycles. The zero-order valence-corrected chi connectivity index (χ0v) is 14.7. The van der Waals surface area contributed by atoms with Crippen molar-refractivity contribution < 1.29 is 24.9 Å². The maximum atomic E-state index is 11.5. The maximum absolute atomic E-state index is 11.5. The number of aromatic hydroxyl groups is 1. The van der Waals surface area contributed by atoms with E-state index in [9.17, 15) is 20.1 Å². The van der Waals surface area contributed by atoms with Gasteiger partial charge in [-0.3, -0.25) is 4.79 Å². The van der Waals surface area contributed by atoms with Gasteiger partial charge in [0.25, 0.3) is 0 Å². The van der Waals surface area contributed by atoms with Crippen molar-refractivity contribution in [3.8, 4) is 11.5 Å². The number of hydrogen-bond acceptors (Lipinski definition) is 4. The molecule has 1 saturated carbocycles. The Labute approximate surface area is 142 Å². The molecule has 1 aromatic rings. The van der Waals surface area contributed by atoms with E-state index in [-0.39, 0.29) is 23.7 Å². The Morgan fingerprint density at radius 1 is 1.29 bits per heavy atom. The zero-order chi connectivity index (χ0) is 17.9. The summed E-state index contributed by atoms with van der Waals surface area (Å²) >= 11 is 0. The molecule has 1 fully saturated rings. The quantitative estimate of drug-likeness (QED) is 0.773. The molecule has 1 heterocycles. The molecule has 3 rings (SSSR count). The van der Waals surface area contributed by atoms with Gasteiger partial charge in [0.05, 0.1) is 11.5 Å². The number of benzene rings is 1. The molecule has 0 amide bonds. The molecule has 5 heteroatoms. The first-order valence-corrected chi connectivity index (χ1v) is 8.52. The van der Waals surface area contributed by atoms with E-state index in [2.05, 4.69) is 0 Å². The van der Waals surface area contributed by atoms with Crippen molar-refractivity contribution in [1.82, 2.24) is 0 Å². The van der Waals surface area contributed by atoms with Gasteiger partial charge in [-0.25, -0.2) is 0 Å². The van der Waals surface area contributed by atoms with E-state index in [0.717, 1.165) is 12.8 Å². The molecule has 24 heavy (non-hydrogen) atoms. The summed E-state index contributed by atoms with van der Waals surface area (Å²) in [6, 6.07) is 3.27. The minimum Gasteiger partial charge on any atom is -0.508 e. The maximum Gasteiger partial charge on any atom is 0.313 e. The fourth-order valence-corrected chi connectivity index (χ4v) is 4.21. The predicted molar refractivity (Wildman–Crippen MR) is 89.6 cm³/mol. The standard InChI is InChI=1S/C19H26O5/c1-18(2,17(22)23)10-7-14(21)16-12-9-11(20)5-6-13(12)19(3,4)24-15(16)8-10/h7-8,11-13,20-21H,5-6,9H2,1-4H3,(H,22,23)/t11?,12-,13-/m1/s1. The minimum atomic E-state index is -1.12. The first-order chi connectivity index (χ1) is 11.0. The lowest BCUT2D eigenvalue weighted by Gasteiger charge is -2.48. The van der Waals surface area contributed by atoms with Gasteiger partial charge in [-0.05, 0) is 64.7 Å². The van der Waals surface area contributed by atoms with Crippen LogP contribution in [0.2, 0.25) is 0 Å². The van der Waals surface area contributed by atoms with Gasteiger partial charge in [0, 0.05) is 17.4 Å². The zero-order valence-electron chi connectivity index (χ0n) is 14.7. The Morgan fingerprint density at radius 2 is 1.96 bits per heavy atom. The molecule has 1 unspecified atom stereocenters. The molecule has 132 valence electrons. The molecule has 3 N–H and O–H groups in total. The number of carboxylic acids is 1. The largest absolute Gasteiger partial charge is 0.508 e. The van der Waals surface area contributed by atoms with Crippen LogP contribution in [0.4, 0.5) is 0 Å². The SMILES string of the molecule is CC(C)(C(=O)O)c1cc(O)c2c(c1)OC(C)(C)[C@@H]1CCC(O)C[C@@H]21. The average Bonchev–Trinajstić information content (AvgIpc) is 2.45. The van der Waals surface area contributed by atoms with Crippen molar-refractivity contribution in [2.45, 2.75) is 70.0 Å². The summed E-state index contributed by atoms with van der Waals surface area (Å²) in [6.07, 6.45) is 1.82. The van der Waals surface area contributed by atoms with Crippen LogP contribution < -0.4 is 4.74 Å².